The van der Waals surface area contributed by atoms with Crippen molar-refractivity contribution in [1.82, 2.24) is 10.0 Å². The highest BCUT2D eigenvalue weighted by molar-refractivity contribution is 7.13. The van der Waals surface area contributed by atoms with Gasteiger partial charge < -0.3 is 4.74 Å². The van der Waals surface area contributed by atoms with Gasteiger partial charge in [-0.25, -0.2) is 10.0 Å². The van der Waals surface area contributed by atoms with Gasteiger partial charge in [0.15, 0.2) is 0 Å². The maximum Gasteiger partial charge on any atom is 0.278 e. The molecule has 7 heteroatoms. The molecule has 1 fully saturated rings. The monoisotopic (exact) mass is 338 g/mol. The number of carbonyl (C=O) groups excluding carboxylic acids is 1. The molecule has 116 valence electrons. The van der Waals surface area contributed by atoms with Crippen molar-refractivity contribution in [2.45, 2.75) is 12.3 Å². The van der Waals surface area contributed by atoms with E-state index in [-0.39, 0.29) is 17.7 Å². The molecule has 0 N–H and O–H groups in total. The Morgan fingerprint density at radius 1 is 1.41 bits per heavy atom. The zero-order chi connectivity index (χ0) is 15.7. The number of ether oxygens (including phenoxy) is 1. The van der Waals surface area contributed by atoms with E-state index < -0.39 is 0 Å². The lowest BCUT2D eigenvalue weighted by molar-refractivity contribution is -0.170. The highest BCUT2D eigenvalue weighted by Gasteiger charge is 2.46. The van der Waals surface area contributed by atoms with E-state index in [4.69, 9.17) is 21.2 Å². The summed E-state index contributed by atoms with van der Waals surface area (Å²) >= 11 is 7.30. The molecular formula is C15H15ClN2O3S. The van der Waals surface area contributed by atoms with Crippen LogP contribution in [0.4, 0.5) is 0 Å². The first-order valence-corrected chi connectivity index (χ1v) is 7.98. The van der Waals surface area contributed by atoms with Crippen molar-refractivity contribution < 1.29 is 14.4 Å². The van der Waals surface area contributed by atoms with Crippen LogP contribution in [-0.2, 0) is 9.63 Å². The third-order valence-electron chi connectivity index (χ3n) is 3.58. The minimum Gasteiger partial charge on any atom is -0.431 e. The summed E-state index contributed by atoms with van der Waals surface area (Å²) in [6.07, 6.45) is 2.61. The Kier molecular flexibility index (Phi) is 4.33. The quantitative estimate of drug-likeness (QED) is 0.780. The van der Waals surface area contributed by atoms with Gasteiger partial charge in [0, 0.05) is 35.0 Å². The molecule has 1 aromatic heterocycles. The summed E-state index contributed by atoms with van der Waals surface area (Å²) in [5.74, 6) is 0.882. The van der Waals surface area contributed by atoms with Crippen LogP contribution in [0.15, 0.2) is 30.5 Å². The molecule has 1 amide bonds. The normalized spacial score (nSPS) is 19.8. The second-order valence-corrected chi connectivity index (χ2v) is 6.51. The van der Waals surface area contributed by atoms with Crippen LogP contribution in [0, 0.1) is 5.92 Å². The van der Waals surface area contributed by atoms with Crippen LogP contribution >= 0.6 is 22.9 Å². The van der Waals surface area contributed by atoms with E-state index in [9.17, 15) is 4.79 Å². The number of rotatable bonds is 5. The fourth-order valence-electron chi connectivity index (χ4n) is 2.20. The standard InChI is InChI=1S/C15H15ClN2O3S/c1-18(20-2)14(19)12-7-11(12)13-8-17-15(22-13)21-10-5-3-9(16)4-6-10/h3-6,8,11-12H,7H2,1-2H3. The SMILES string of the molecule is CON(C)C(=O)C1CC1c1cnc(Oc2ccc(Cl)cc2)s1. The second kappa shape index (κ2) is 6.24. The molecule has 0 aliphatic heterocycles. The van der Waals surface area contributed by atoms with Crippen LogP contribution in [0.3, 0.4) is 0 Å². The molecule has 5 nitrogen and oxygen atoms in total. The second-order valence-electron chi connectivity index (χ2n) is 5.05. The molecule has 2 atom stereocenters. The summed E-state index contributed by atoms with van der Waals surface area (Å²) in [4.78, 5) is 22.2. The molecule has 1 aliphatic carbocycles. The number of halogens is 1. The first kappa shape index (κ1) is 15.3. The maximum absolute atomic E-state index is 12.0. The van der Waals surface area contributed by atoms with Crippen LogP contribution in [0.5, 0.6) is 10.9 Å². The fraction of sp³-hybridized carbons (Fsp3) is 0.333. The molecule has 0 saturated heterocycles. The average molecular weight is 339 g/mol. The Hall–Kier alpha value is -1.63. The number of nitrogens with zero attached hydrogens (tertiary/aromatic N) is 2. The van der Waals surface area contributed by atoms with Gasteiger partial charge in [-0.3, -0.25) is 9.63 Å². The van der Waals surface area contributed by atoms with Crippen molar-refractivity contribution in [1.29, 1.82) is 0 Å². The van der Waals surface area contributed by atoms with Gasteiger partial charge in [0.2, 0.25) is 5.91 Å². The Morgan fingerprint density at radius 2 is 2.14 bits per heavy atom. The summed E-state index contributed by atoms with van der Waals surface area (Å²) < 4.78 is 5.69. The lowest BCUT2D eigenvalue weighted by atomic mass is 10.3. The minimum atomic E-state index is -0.0196. The minimum absolute atomic E-state index is 0.000990. The summed E-state index contributed by atoms with van der Waals surface area (Å²) in [6, 6.07) is 7.12. The molecule has 1 aromatic carbocycles. The van der Waals surface area contributed by atoms with Crippen LogP contribution in [0.2, 0.25) is 5.02 Å². The molecule has 0 radical (unpaired) electrons. The lowest BCUT2D eigenvalue weighted by Gasteiger charge is -2.12. The highest BCUT2D eigenvalue weighted by Crippen LogP contribution is 2.51. The molecule has 3 rings (SSSR count). The van der Waals surface area contributed by atoms with Gasteiger partial charge in [-0.05, 0) is 30.7 Å². The van der Waals surface area contributed by atoms with E-state index in [1.165, 1.54) is 23.5 Å². The Morgan fingerprint density at radius 3 is 2.82 bits per heavy atom. The number of carbonyl (C=O) groups is 1. The average Bonchev–Trinajstić information content (AvgIpc) is 3.20. The molecule has 1 saturated carbocycles. The molecule has 0 spiro atoms. The van der Waals surface area contributed by atoms with E-state index in [1.54, 1.807) is 37.5 Å². The first-order chi connectivity index (χ1) is 10.6. The summed E-state index contributed by atoms with van der Waals surface area (Å²) in [5.41, 5.74) is 0. The third kappa shape index (κ3) is 3.24. The van der Waals surface area contributed by atoms with Gasteiger partial charge in [0.05, 0.1) is 7.11 Å². The van der Waals surface area contributed by atoms with E-state index in [0.717, 1.165) is 11.3 Å². The van der Waals surface area contributed by atoms with Crippen molar-refractivity contribution in [3.8, 4) is 10.9 Å². The van der Waals surface area contributed by atoms with E-state index in [2.05, 4.69) is 4.98 Å². The molecule has 1 heterocycles. The number of benzene rings is 1. The topological polar surface area (TPSA) is 51.7 Å². The fourth-order valence-corrected chi connectivity index (χ4v) is 3.29. The number of aromatic nitrogens is 1. The summed E-state index contributed by atoms with van der Waals surface area (Å²) in [6.45, 7) is 0. The van der Waals surface area contributed by atoms with Crippen molar-refractivity contribution >= 4 is 28.8 Å². The van der Waals surface area contributed by atoms with Crippen molar-refractivity contribution in [3.63, 3.8) is 0 Å². The van der Waals surface area contributed by atoms with Gasteiger partial charge in [-0.15, -0.1) is 0 Å². The predicted molar refractivity (Wildman–Crippen MR) is 84.3 cm³/mol. The Labute approximate surface area is 137 Å². The molecule has 2 unspecified atom stereocenters. The Bertz CT molecular complexity index is 674. The van der Waals surface area contributed by atoms with E-state index >= 15 is 0 Å². The van der Waals surface area contributed by atoms with Crippen molar-refractivity contribution in [2.24, 2.45) is 5.92 Å². The summed E-state index contributed by atoms with van der Waals surface area (Å²) in [5, 5.41) is 2.50. The molecule has 2 aromatic rings. The van der Waals surface area contributed by atoms with E-state index in [1.807, 2.05) is 0 Å². The Balaban J connectivity index is 1.63. The number of thiazole rings is 1. The zero-order valence-electron chi connectivity index (χ0n) is 12.2. The molecule has 22 heavy (non-hydrogen) atoms. The number of hydrogen-bond donors (Lipinski definition) is 0. The summed E-state index contributed by atoms with van der Waals surface area (Å²) in [7, 11) is 3.11. The van der Waals surface area contributed by atoms with Crippen molar-refractivity contribution in [2.75, 3.05) is 14.2 Å². The van der Waals surface area contributed by atoms with Crippen molar-refractivity contribution in [3.05, 3.63) is 40.4 Å². The number of hydroxylamine groups is 2. The van der Waals surface area contributed by atoms with Crippen LogP contribution in [0.25, 0.3) is 0 Å². The van der Waals surface area contributed by atoms with Gasteiger partial charge in [-0.2, -0.15) is 0 Å². The van der Waals surface area contributed by atoms with Gasteiger partial charge in [0.1, 0.15) is 5.75 Å². The van der Waals surface area contributed by atoms with Gasteiger partial charge in [-0.1, -0.05) is 22.9 Å². The predicted octanol–water partition coefficient (Wildman–Crippen LogP) is 3.71. The molecule has 0 bridgehead atoms. The highest BCUT2D eigenvalue weighted by atomic mass is 35.5. The largest absolute Gasteiger partial charge is 0.431 e. The number of hydrogen-bond acceptors (Lipinski definition) is 5. The van der Waals surface area contributed by atoms with Gasteiger partial charge in [0.25, 0.3) is 5.19 Å². The third-order valence-corrected chi connectivity index (χ3v) is 4.84. The number of amides is 1. The van der Waals surface area contributed by atoms with Crippen LogP contribution < -0.4 is 4.74 Å². The molecule has 1 aliphatic rings. The zero-order valence-corrected chi connectivity index (χ0v) is 13.7. The lowest BCUT2D eigenvalue weighted by Crippen LogP contribution is -2.27. The smallest absolute Gasteiger partial charge is 0.278 e. The molecular weight excluding hydrogens is 324 g/mol. The van der Waals surface area contributed by atoms with Crippen LogP contribution in [-0.4, -0.2) is 30.1 Å². The van der Waals surface area contributed by atoms with Gasteiger partial charge >= 0.3 is 0 Å². The maximum atomic E-state index is 12.0. The van der Waals surface area contributed by atoms with Crippen LogP contribution in [0.1, 0.15) is 17.2 Å². The van der Waals surface area contributed by atoms with E-state index in [0.29, 0.717) is 16.0 Å². The first-order valence-electron chi connectivity index (χ1n) is 6.79.